The van der Waals surface area contributed by atoms with Gasteiger partial charge in [0.15, 0.2) is 5.96 Å². The molecule has 0 saturated carbocycles. The van der Waals surface area contributed by atoms with E-state index in [2.05, 4.69) is 29.3 Å². The standard InChI is InChI=1S/C16H23N5O/c1-12(2)10-18-16(17)19-11-13-8-9-21(20-13)14-4-6-15(22-3)7-5-14/h4-9,12H,10-11H2,1-3H3,(H3,17,18,19). The lowest BCUT2D eigenvalue weighted by Crippen LogP contribution is -2.34. The van der Waals surface area contributed by atoms with E-state index in [9.17, 15) is 0 Å². The van der Waals surface area contributed by atoms with Crippen LogP contribution in [0.25, 0.3) is 5.69 Å². The first-order chi connectivity index (χ1) is 10.6. The molecule has 2 aromatic rings. The quantitative estimate of drug-likeness (QED) is 0.631. The Morgan fingerprint density at radius 3 is 2.68 bits per heavy atom. The van der Waals surface area contributed by atoms with Gasteiger partial charge in [0, 0.05) is 12.7 Å². The van der Waals surface area contributed by atoms with E-state index in [1.165, 1.54) is 0 Å². The molecule has 0 saturated heterocycles. The lowest BCUT2D eigenvalue weighted by atomic mass is 10.2. The SMILES string of the molecule is COc1ccc(-n2ccc(CN=C(N)NCC(C)C)n2)cc1. The minimum absolute atomic E-state index is 0.452. The topological polar surface area (TPSA) is 77.5 Å². The van der Waals surface area contributed by atoms with Gasteiger partial charge < -0.3 is 15.8 Å². The second-order valence-electron chi connectivity index (χ2n) is 5.43. The van der Waals surface area contributed by atoms with Crippen molar-refractivity contribution >= 4 is 5.96 Å². The molecule has 2 rings (SSSR count). The first-order valence-electron chi connectivity index (χ1n) is 7.31. The minimum atomic E-state index is 0.452. The van der Waals surface area contributed by atoms with Gasteiger partial charge in [0.1, 0.15) is 5.75 Å². The minimum Gasteiger partial charge on any atom is -0.497 e. The Kier molecular flexibility index (Phi) is 5.41. The van der Waals surface area contributed by atoms with Crippen molar-refractivity contribution in [2.24, 2.45) is 16.6 Å². The zero-order valence-electron chi connectivity index (χ0n) is 13.3. The Bertz CT molecular complexity index is 616. The number of guanidine groups is 1. The molecule has 0 aliphatic heterocycles. The molecule has 3 N–H and O–H groups in total. The number of hydrogen-bond donors (Lipinski definition) is 2. The molecule has 1 aromatic heterocycles. The van der Waals surface area contributed by atoms with Crippen molar-refractivity contribution in [3.05, 3.63) is 42.2 Å². The second-order valence-corrected chi connectivity index (χ2v) is 5.43. The van der Waals surface area contributed by atoms with E-state index in [1.54, 1.807) is 7.11 Å². The second kappa shape index (κ2) is 7.49. The van der Waals surface area contributed by atoms with Gasteiger partial charge in [-0.15, -0.1) is 0 Å². The fourth-order valence-electron chi connectivity index (χ4n) is 1.86. The van der Waals surface area contributed by atoms with Gasteiger partial charge in [-0.3, -0.25) is 0 Å². The normalized spacial score (nSPS) is 11.7. The van der Waals surface area contributed by atoms with E-state index in [0.717, 1.165) is 23.7 Å². The Labute approximate surface area is 131 Å². The predicted molar refractivity (Wildman–Crippen MR) is 88.3 cm³/mol. The van der Waals surface area contributed by atoms with Crippen LogP contribution in [-0.2, 0) is 6.54 Å². The molecule has 0 aliphatic carbocycles. The van der Waals surface area contributed by atoms with Gasteiger partial charge in [0.2, 0.25) is 0 Å². The van der Waals surface area contributed by atoms with E-state index in [0.29, 0.717) is 18.4 Å². The maximum Gasteiger partial charge on any atom is 0.188 e. The van der Waals surface area contributed by atoms with Crippen LogP contribution in [0.1, 0.15) is 19.5 Å². The first kappa shape index (κ1) is 15.9. The summed E-state index contributed by atoms with van der Waals surface area (Å²) in [5.41, 5.74) is 7.65. The summed E-state index contributed by atoms with van der Waals surface area (Å²) in [5.74, 6) is 1.81. The average Bonchev–Trinajstić information content (AvgIpc) is 3.00. The number of nitrogens with zero attached hydrogens (tertiary/aromatic N) is 3. The predicted octanol–water partition coefficient (Wildman–Crippen LogP) is 1.94. The van der Waals surface area contributed by atoms with Gasteiger partial charge in [-0.1, -0.05) is 13.8 Å². The van der Waals surface area contributed by atoms with Crippen molar-refractivity contribution in [2.45, 2.75) is 20.4 Å². The summed E-state index contributed by atoms with van der Waals surface area (Å²) < 4.78 is 6.95. The average molecular weight is 301 g/mol. The van der Waals surface area contributed by atoms with Crippen LogP contribution >= 0.6 is 0 Å². The maximum atomic E-state index is 5.81. The highest BCUT2D eigenvalue weighted by Gasteiger charge is 2.02. The molecule has 118 valence electrons. The molecule has 0 amide bonds. The number of aliphatic imine (C=N–C) groups is 1. The largest absolute Gasteiger partial charge is 0.497 e. The lowest BCUT2D eigenvalue weighted by Gasteiger charge is -2.07. The van der Waals surface area contributed by atoms with Crippen LogP contribution in [0.2, 0.25) is 0 Å². The number of ether oxygens (including phenoxy) is 1. The van der Waals surface area contributed by atoms with Crippen LogP contribution in [-0.4, -0.2) is 29.4 Å². The number of benzene rings is 1. The van der Waals surface area contributed by atoms with E-state index in [4.69, 9.17) is 10.5 Å². The van der Waals surface area contributed by atoms with Gasteiger partial charge in [0.05, 0.1) is 25.0 Å². The third-order valence-electron chi connectivity index (χ3n) is 3.08. The highest BCUT2D eigenvalue weighted by molar-refractivity contribution is 5.77. The summed E-state index contributed by atoms with van der Waals surface area (Å²) in [5, 5.41) is 7.57. The number of nitrogens with one attached hydrogen (secondary N) is 1. The van der Waals surface area contributed by atoms with Crippen molar-refractivity contribution in [2.75, 3.05) is 13.7 Å². The Morgan fingerprint density at radius 1 is 1.32 bits per heavy atom. The highest BCUT2D eigenvalue weighted by atomic mass is 16.5. The number of methoxy groups -OCH3 is 1. The number of aromatic nitrogens is 2. The van der Waals surface area contributed by atoms with Crippen LogP contribution in [0.3, 0.4) is 0 Å². The number of hydrogen-bond acceptors (Lipinski definition) is 3. The first-order valence-corrected chi connectivity index (χ1v) is 7.31. The molecule has 0 aliphatic rings. The summed E-state index contributed by atoms with van der Waals surface area (Å²) in [6, 6.07) is 9.66. The summed E-state index contributed by atoms with van der Waals surface area (Å²) in [4.78, 5) is 4.29. The molecule has 0 fully saturated rings. The van der Waals surface area contributed by atoms with Gasteiger partial charge in [-0.2, -0.15) is 5.10 Å². The monoisotopic (exact) mass is 301 g/mol. The molecule has 1 aromatic carbocycles. The molecular formula is C16H23N5O. The highest BCUT2D eigenvalue weighted by Crippen LogP contribution is 2.14. The van der Waals surface area contributed by atoms with Crippen molar-refractivity contribution < 1.29 is 4.74 Å². The molecule has 0 unspecified atom stereocenters. The van der Waals surface area contributed by atoms with Crippen LogP contribution in [0.4, 0.5) is 0 Å². The molecule has 0 radical (unpaired) electrons. The summed E-state index contributed by atoms with van der Waals surface area (Å²) in [6.45, 7) is 5.52. The zero-order valence-corrected chi connectivity index (χ0v) is 13.3. The van der Waals surface area contributed by atoms with Crippen molar-refractivity contribution in [3.63, 3.8) is 0 Å². The summed E-state index contributed by atoms with van der Waals surface area (Å²) in [7, 11) is 1.65. The third-order valence-corrected chi connectivity index (χ3v) is 3.08. The number of nitrogens with two attached hydrogens (primary N) is 1. The Balaban J connectivity index is 1.97. The van der Waals surface area contributed by atoms with E-state index >= 15 is 0 Å². The van der Waals surface area contributed by atoms with E-state index in [1.807, 2.05) is 41.2 Å². The Morgan fingerprint density at radius 2 is 2.05 bits per heavy atom. The van der Waals surface area contributed by atoms with Crippen molar-refractivity contribution in [1.82, 2.24) is 15.1 Å². The molecule has 6 heteroatoms. The molecule has 6 nitrogen and oxygen atoms in total. The van der Waals surface area contributed by atoms with E-state index in [-0.39, 0.29) is 0 Å². The van der Waals surface area contributed by atoms with Crippen molar-refractivity contribution in [3.8, 4) is 11.4 Å². The van der Waals surface area contributed by atoms with Gasteiger partial charge >= 0.3 is 0 Å². The van der Waals surface area contributed by atoms with Crippen LogP contribution in [0.5, 0.6) is 5.75 Å². The molecule has 0 bridgehead atoms. The smallest absolute Gasteiger partial charge is 0.188 e. The fraction of sp³-hybridized carbons (Fsp3) is 0.375. The molecular weight excluding hydrogens is 278 g/mol. The van der Waals surface area contributed by atoms with Gasteiger partial charge in [-0.25, -0.2) is 9.67 Å². The zero-order chi connectivity index (χ0) is 15.9. The fourth-order valence-corrected chi connectivity index (χ4v) is 1.86. The molecule has 22 heavy (non-hydrogen) atoms. The lowest BCUT2D eigenvalue weighted by molar-refractivity contribution is 0.414. The van der Waals surface area contributed by atoms with Crippen LogP contribution < -0.4 is 15.8 Å². The molecule has 0 atom stereocenters. The third kappa shape index (κ3) is 4.51. The maximum absolute atomic E-state index is 5.81. The summed E-state index contributed by atoms with van der Waals surface area (Å²) >= 11 is 0. The van der Waals surface area contributed by atoms with Crippen LogP contribution in [0, 0.1) is 5.92 Å². The van der Waals surface area contributed by atoms with Gasteiger partial charge in [0.25, 0.3) is 0 Å². The van der Waals surface area contributed by atoms with Gasteiger partial charge in [-0.05, 0) is 36.2 Å². The summed E-state index contributed by atoms with van der Waals surface area (Å²) in [6.07, 6.45) is 1.91. The van der Waals surface area contributed by atoms with Crippen molar-refractivity contribution in [1.29, 1.82) is 0 Å². The van der Waals surface area contributed by atoms with E-state index < -0.39 is 0 Å². The molecule has 1 heterocycles. The number of rotatable bonds is 6. The van der Waals surface area contributed by atoms with Crippen LogP contribution in [0.15, 0.2) is 41.5 Å². The molecule has 0 spiro atoms. The Hall–Kier alpha value is -2.50.